The van der Waals surface area contributed by atoms with Crippen LogP contribution in [0.3, 0.4) is 0 Å². The van der Waals surface area contributed by atoms with E-state index in [0.29, 0.717) is 11.6 Å². The van der Waals surface area contributed by atoms with Gasteiger partial charge in [0.25, 0.3) is 0 Å². The van der Waals surface area contributed by atoms with E-state index in [4.69, 9.17) is 9.62 Å². The minimum Gasteiger partial charge on any atom is -0.453 e. The SMILES string of the molecule is COOC=N[C@H](C(=O)N[C@@H](c1ncc(-c2ccc(-c3ccc(-c4cnc([C@H](NC(=O)[C@@H](NC(=O)OC)C(C)C)C(C)C)[nH]4)cc3)cc2)[nH]1)C(C)C)C(C)C. The molecule has 4 atom stereocenters. The number of imidazole rings is 2. The van der Waals surface area contributed by atoms with Gasteiger partial charge in [-0.1, -0.05) is 104 Å². The number of carbonyl (C=O) groups excluding carboxylic acids is 3. The van der Waals surface area contributed by atoms with Crippen molar-refractivity contribution < 1.29 is 28.9 Å². The molecule has 54 heavy (non-hydrogen) atoms. The number of nitrogens with one attached hydrogen (secondary N) is 5. The van der Waals surface area contributed by atoms with Gasteiger partial charge in [-0.2, -0.15) is 4.89 Å². The molecule has 0 saturated carbocycles. The third kappa shape index (κ3) is 10.6. The summed E-state index contributed by atoms with van der Waals surface area (Å²) >= 11 is 0. The van der Waals surface area contributed by atoms with E-state index in [-0.39, 0.29) is 41.5 Å². The van der Waals surface area contributed by atoms with Crippen molar-refractivity contribution in [2.75, 3.05) is 14.2 Å². The summed E-state index contributed by atoms with van der Waals surface area (Å²) in [4.78, 5) is 67.8. The van der Waals surface area contributed by atoms with Crippen molar-refractivity contribution in [2.24, 2.45) is 28.7 Å². The predicted octanol–water partition coefficient (Wildman–Crippen LogP) is 6.77. The van der Waals surface area contributed by atoms with Gasteiger partial charge in [0, 0.05) is 0 Å². The predicted molar refractivity (Wildman–Crippen MR) is 208 cm³/mol. The van der Waals surface area contributed by atoms with Crippen molar-refractivity contribution in [2.45, 2.75) is 79.6 Å². The molecule has 5 N–H and O–H groups in total. The first-order valence-electron chi connectivity index (χ1n) is 18.2. The van der Waals surface area contributed by atoms with Gasteiger partial charge in [-0.15, -0.1) is 0 Å². The fraction of sp³-hybridized carbons (Fsp3) is 0.450. The fourth-order valence-electron chi connectivity index (χ4n) is 5.95. The number of benzene rings is 2. The van der Waals surface area contributed by atoms with Gasteiger partial charge in [0.15, 0.2) is 0 Å². The zero-order valence-electron chi connectivity index (χ0n) is 32.8. The van der Waals surface area contributed by atoms with Crippen LogP contribution in [0.15, 0.2) is 65.9 Å². The van der Waals surface area contributed by atoms with E-state index in [0.717, 1.165) is 40.0 Å². The van der Waals surface area contributed by atoms with Crippen LogP contribution in [0.2, 0.25) is 0 Å². The summed E-state index contributed by atoms with van der Waals surface area (Å²) in [7, 11) is 2.64. The van der Waals surface area contributed by atoms with Gasteiger partial charge in [-0.05, 0) is 45.9 Å². The minimum absolute atomic E-state index is 0.0278. The first kappa shape index (κ1) is 41.3. The van der Waals surface area contributed by atoms with E-state index in [2.05, 4.69) is 70.0 Å². The highest BCUT2D eigenvalue weighted by Crippen LogP contribution is 2.29. The maximum absolute atomic E-state index is 13.2. The molecule has 2 aromatic heterocycles. The molecule has 14 nitrogen and oxygen atoms in total. The maximum Gasteiger partial charge on any atom is 0.407 e. The van der Waals surface area contributed by atoms with Crippen LogP contribution in [0.4, 0.5) is 4.79 Å². The van der Waals surface area contributed by atoms with Gasteiger partial charge < -0.3 is 35.5 Å². The van der Waals surface area contributed by atoms with E-state index in [9.17, 15) is 14.4 Å². The molecule has 0 aliphatic carbocycles. The Hall–Kier alpha value is -5.50. The number of alkyl carbamates (subject to hydrolysis) is 1. The third-order valence-corrected chi connectivity index (χ3v) is 9.10. The molecule has 4 aromatic rings. The Kier molecular flexibility index (Phi) is 14.5. The highest BCUT2D eigenvalue weighted by Gasteiger charge is 2.30. The lowest BCUT2D eigenvalue weighted by Gasteiger charge is -2.26. The van der Waals surface area contributed by atoms with Crippen LogP contribution >= 0.6 is 0 Å². The highest BCUT2D eigenvalue weighted by molar-refractivity contribution is 5.86. The molecule has 3 amide bonds. The summed E-state index contributed by atoms with van der Waals surface area (Å²) in [6, 6.07) is 14.2. The standard InChI is InChI=1S/C40H54N8O6/c1-22(2)32(46-38(49)34(24(5)6)43-21-54-53-10)36-41-19-30(44-36)28-15-11-26(12-16-28)27-13-17-29(18-14-27)31-20-42-37(45-31)33(23(3)4)47-39(50)35(25(7)8)48-40(51)52-9/h11-25,32-35H,1-10H3,(H,41,44)(H,42,45)(H,46,49)(H,47,50)(H,48,51)/t32-,33-,34+,35+/m1/s1. The quantitative estimate of drug-likeness (QED) is 0.0340. The maximum atomic E-state index is 13.2. The van der Waals surface area contributed by atoms with Crippen LogP contribution in [0.5, 0.6) is 0 Å². The van der Waals surface area contributed by atoms with E-state index in [1.807, 2.05) is 79.7 Å². The Bertz CT molecular complexity index is 1850. The normalized spacial score (nSPS) is 14.0. The summed E-state index contributed by atoms with van der Waals surface area (Å²) in [6.07, 6.45) is 4.02. The number of rotatable bonds is 17. The van der Waals surface area contributed by atoms with Gasteiger partial charge in [0.2, 0.25) is 18.2 Å². The summed E-state index contributed by atoms with van der Waals surface area (Å²) in [5.74, 6) is 0.641. The van der Waals surface area contributed by atoms with Gasteiger partial charge in [0.05, 0.1) is 50.1 Å². The first-order chi connectivity index (χ1) is 25.7. The number of hydrogen-bond donors (Lipinski definition) is 5. The minimum atomic E-state index is -0.755. The van der Waals surface area contributed by atoms with Crippen LogP contribution < -0.4 is 16.0 Å². The first-order valence-corrected chi connectivity index (χ1v) is 18.2. The Morgan fingerprint density at radius 3 is 1.46 bits per heavy atom. The summed E-state index contributed by atoms with van der Waals surface area (Å²) in [5.41, 5.74) is 5.65. The second kappa shape index (κ2) is 19.0. The van der Waals surface area contributed by atoms with E-state index in [1.54, 1.807) is 12.4 Å². The third-order valence-electron chi connectivity index (χ3n) is 9.10. The van der Waals surface area contributed by atoms with Crippen molar-refractivity contribution in [1.29, 1.82) is 0 Å². The number of carbonyl (C=O) groups is 3. The largest absolute Gasteiger partial charge is 0.453 e. The Morgan fingerprint density at radius 1 is 0.630 bits per heavy atom. The van der Waals surface area contributed by atoms with Crippen LogP contribution in [-0.4, -0.2) is 70.5 Å². The van der Waals surface area contributed by atoms with E-state index < -0.39 is 24.2 Å². The monoisotopic (exact) mass is 742 g/mol. The molecular formula is C40H54N8O6. The molecule has 2 heterocycles. The Labute approximate surface area is 317 Å². The van der Waals surface area contributed by atoms with E-state index in [1.165, 1.54) is 14.2 Å². The molecule has 4 rings (SSSR count). The number of aromatic amines is 2. The smallest absolute Gasteiger partial charge is 0.407 e. The molecule has 0 aliphatic rings. The number of aromatic nitrogens is 4. The topological polar surface area (TPSA) is 185 Å². The number of methoxy groups -OCH3 is 1. The molecule has 0 spiro atoms. The second-order valence-electron chi connectivity index (χ2n) is 14.5. The fourth-order valence-corrected chi connectivity index (χ4v) is 5.95. The molecule has 0 saturated heterocycles. The van der Waals surface area contributed by atoms with Crippen LogP contribution in [0.25, 0.3) is 33.6 Å². The average Bonchev–Trinajstić information content (AvgIpc) is 3.84. The molecular weight excluding hydrogens is 688 g/mol. The van der Waals surface area contributed by atoms with Crippen LogP contribution in [0, 0.1) is 23.7 Å². The molecule has 0 bridgehead atoms. The molecule has 0 fully saturated rings. The molecule has 2 aromatic carbocycles. The lowest BCUT2D eigenvalue weighted by molar-refractivity contribution is -0.188. The number of nitrogens with zero attached hydrogens (tertiary/aromatic N) is 3. The molecule has 0 aliphatic heterocycles. The average molecular weight is 743 g/mol. The number of ether oxygens (including phenoxy) is 1. The Morgan fingerprint density at radius 2 is 1.07 bits per heavy atom. The number of amides is 3. The summed E-state index contributed by atoms with van der Waals surface area (Å²) in [6.45, 7) is 15.6. The van der Waals surface area contributed by atoms with E-state index >= 15 is 0 Å². The number of aliphatic imine (C=N–C) groups is 1. The highest BCUT2D eigenvalue weighted by atomic mass is 17.2. The Balaban J connectivity index is 1.44. The lowest BCUT2D eigenvalue weighted by atomic mass is 10.00. The molecule has 290 valence electrons. The van der Waals surface area contributed by atoms with Crippen LogP contribution in [-0.2, 0) is 24.1 Å². The number of H-pyrrole nitrogens is 2. The zero-order chi connectivity index (χ0) is 39.5. The summed E-state index contributed by atoms with van der Waals surface area (Å²) < 4.78 is 4.70. The van der Waals surface area contributed by atoms with Crippen LogP contribution in [0.1, 0.15) is 79.1 Å². The van der Waals surface area contributed by atoms with Crippen molar-refractivity contribution in [3.8, 4) is 33.6 Å². The van der Waals surface area contributed by atoms with Gasteiger partial charge in [-0.25, -0.2) is 19.8 Å². The number of hydrogen-bond acceptors (Lipinski definition) is 9. The van der Waals surface area contributed by atoms with Crippen molar-refractivity contribution >= 4 is 24.3 Å². The van der Waals surface area contributed by atoms with Crippen molar-refractivity contribution in [1.82, 2.24) is 35.9 Å². The van der Waals surface area contributed by atoms with Crippen molar-refractivity contribution in [3.05, 3.63) is 72.6 Å². The molecule has 0 unspecified atom stereocenters. The summed E-state index contributed by atoms with van der Waals surface area (Å²) in [5, 5.41) is 8.78. The molecule has 0 radical (unpaired) electrons. The lowest BCUT2D eigenvalue weighted by Crippen LogP contribution is -2.51. The zero-order valence-corrected chi connectivity index (χ0v) is 32.8. The van der Waals surface area contributed by atoms with Gasteiger partial charge >= 0.3 is 6.09 Å². The van der Waals surface area contributed by atoms with Gasteiger partial charge in [0.1, 0.15) is 23.7 Å². The second-order valence-corrected chi connectivity index (χ2v) is 14.5. The van der Waals surface area contributed by atoms with Crippen molar-refractivity contribution in [3.63, 3.8) is 0 Å². The van der Waals surface area contributed by atoms with Gasteiger partial charge in [-0.3, -0.25) is 9.59 Å². The molecule has 14 heteroatoms.